The van der Waals surface area contributed by atoms with Gasteiger partial charge in [0, 0.05) is 26.0 Å². The number of hydrogen-bond donors (Lipinski definition) is 1. The minimum atomic E-state index is -1.20. The quantitative estimate of drug-likeness (QED) is 0.903. The van der Waals surface area contributed by atoms with E-state index < -0.39 is 5.97 Å². The molecule has 0 aliphatic heterocycles. The molecule has 0 saturated carbocycles. The van der Waals surface area contributed by atoms with Gasteiger partial charge in [0.15, 0.2) is 5.76 Å². The maximum Gasteiger partial charge on any atom is 0.371 e. The van der Waals surface area contributed by atoms with Crippen LogP contribution in [0.25, 0.3) is 0 Å². The molecule has 2 heterocycles. The number of carboxylic acids is 1. The van der Waals surface area contributed by atoms with Crippen LogP contribution in [0.15, 0.2) is 41.1 Å². The Bertz CT molecular complexity index is 592. The minimum absolute atomic E-state index is 0.00351. The third-order valence-corrected chi connectivity index (χ3v) is 2.52. The lowest BCUT2D eigenvalue weighted by Crippen LogP contribution is -2.25. The van der Waals surface area contributed by atoms with E-state index in [1.54, 1.807) is 25.5 Å². The monoisotopic (exact) mass is 260 g/mol. The van der Waals surface area contributed by atoms with Gasteiger partial charge in [-0.1, -0.05) is 6.07 Å². The molecular weight excluding hydrogens is 248 g/mol. The Morgan fingerprint density at radius 1 is 1.32 bits per heavy atom. The Kier molecular flexibility index (Phi) is 3.61. The van der Waals surface area contributed by atoms with Crippen molar-refractivity contribution in [1.29, 1.82) is 0 Å². The van der Waals surface area contributed by atoms with Gasteiger partial charge in [0.25, 0.3) is 5.91 Å². The predicted octanol–water partition coefficient (Wildman–Crippen LogP) is 1.65. The van der Waals surface area contributed by atoms with Crippen molar-refractivity contribution in [2.24, 2.45) is 0 Å². The van der Waals surface area contributed by atoms with Gasteiger partial charge in [-0.2, -0.15) is 0 Å². The standard InChI is InChI=1S/C13H12N2O4/c1-15(8-9-3-2-6-14-7-9)12(16)10-4-5-11(19-10)13(17)18/h2-7H,8H2,1H3,(H,17,18). The number of rotatable bonds is 4. The second kappa shape index (κ2) is 5.34. The number of furan rings is 1. The SMILES string of the molecule is CN(Cc1cccnc1)C(=O)c1ccc(C(=O)O)o1. The first-order valence-corrected chi connectivity index (χ1v) is 5.55. The van der Waals surface area contributed by atoms with Gasteiger partial charge in [0.05, 0.1) is 0 Å². The number of carboxylic acid groups (broad SMARTS) is 1. The molecule has 2 rings (SSSR count). The summed E-state index contributed by atoms with van der Waals surface area (Å²) in [5.41, 5.74) is 0.878. The normalized spacial score (nSPS) is 10.2. The summed E-state index contributed by atoms with van der Waals surface area (Å²) >= 11 is 0. The lowest BCUT2D eigenvalue weighted by molar-refractivity contribution is 0.0653. The van der Waals surface area contributed by atoms with Gasteiger partial charge in [0.2, 0.25) is 5.76 Å². The van der Waals surface area contributed by atoms with Gasteiger partial charge < -0.3 is 14.4 Å². The molecular formula is C13H12N2O4. The Hall–Kier alpha value is -2.63. The van der Waals surface area contributed by atoms with Crippen molar-refractivity contribution in [2.75, 3.05) is 7.05 Å². The van der Waals surface area contributed by atoms with E-state index >= 15 is 0 Å². The maximum atomic E-state index is 12.0. The Balaban J connectivity index is 2.08. The van der Waals surface area contributed by atoms with Crippen LogP contribution in [0.4, 0.5) is 0 Å². The van der Waals surface area contributed by atoms with Crippen molar-refractivity contribution in [2.45, 2.75) is 6.54 Å². The number of aromatic carboxylic acids is 1. The maximum absolute atomic E-state index is 12.0. The molecule has 2 aromatic rings. The second-order valence-corrected chi connectivity index (χ2v) is 3.99. The molecule has 0 bridgehead atoms. The fourth-order valence-corrected chi connectivity index (χ4v) is 1.59. The zero-order chi connectivity index (χ0) is 13.8. The number of hydrogen-bond acceptors (Lipinski definition) is 4. The molecule has 1 N–H and O–H groups in total. The zero-order valence-electron chi connectivity index (χ0n) is 10.2. The lowest BCUT2D eigenvalue weighted by atomic mass is 10.2. The van der Waals surface area contributed by atoms with E-state index in [0.29, 0.717) is 6.54 Å². The van der Waals surface area contributed by atoms with Crippen LogP contribution in [-0.2, 0) is 6.54 Å². The van der Waals surface area contributed by atoms with Crippen LogP contribution in [0.3, 0.4) is 0 Å². The average Bonchev–Trinajstić information content (AvgIpc) is 2.88. The summed E-state index contributed by atoms with van der Waals surface area (Å²) in [7, 11) is 1.61. The van der Waals surface area contributed by atoms with Gasteiger partial charge in [-0.25, -0.2) is 4.79 Å². The highest BCUT2D eigenvalue weighted by molar-refractivity contribution is 5.93. The Morgan fingerprint density at radius 3 is 2.63 bits per heavy atom. The molecule has 6 heteroatoms. The summed E-state index contributed by atoms with van der Waals surface area (Å²) in [4.78, 5) is 28.1. The molecule has 19 heavy (non-hydrogen) atoms. The van der Waals surface area contributed by atoms with E-state index in [1.807, 2.05) is 6.07 Å². The van der Waals surface area contributed by atoms with Crippen molar-refractivity contribution in [3.63, 3.8) is 0 Å². The molecule has 0 radical (unpaired) electrons. The minimum Gasteiger partial charge on any atom is -0.475 e. The molecule has 0 spiro atoms. The zero-order valence-corrected chi connectivity index (χ0v) is 10.2. The summed E-state index contributed by atoms with van der Waals surface area (Å²) in [6.07, 6.45) is 3.31. The van der Waals surface area contributed by atoms with Gasteiger partial charge in [-0.3, -0.25) is 9.78 Å². The summed E-state index contributed by atoms with van der Waals surface area (Å²) in [6, 6.07) is 6.24. The fraction of sp³-hybridized carbons (Fsp3) is 0.154. The number of nitrogens with zero attached hydrogens (tertiary/aromatic N) is 2. The highest BCUT2D eigenvalue weighted by Crippen LogP contribution is 2.11. The summed E-state index contributed by atoms with van der Waals surface area (Å²) in [6.45, 7) is 0.371. The van der Waals surface area contributed by atoms with Crippen LogP contribution < -0.4 is 0 Å². The summed E-state index contributed by atoms with van der Waals surface area (Å²) in [5, 5.41) is 8.73. The highest BCUT2D eigenvalue weighted by atomic mass is 16.4. The highest BCUT2D eigenvalue weighted by Gasteiger charge is 2.18. The van der Waals surface area contributed by atoms with Gasteiger partial charge in [-0.15, -0.1) is 0 Å². The smallest absolute Gasteiger partial charge is 0.371 e. The van der Waals surface area contributed by atoms with E-state index in [0.717, 1.165) is 5.56 Å². The topological polar surface area (TPSA) is 83.6 Å². The predicted molar refractivity (Wildman–Crippen MR) is 65.7 cm³/mol. The van der Waals surface area contributed by atoms with Crippen LogP contribution >= 0.6 is 0 Å². The van der Waals surface area contributed by atoms with E-state index in [2.05, 4.69) is 4.98 Å². The first kappa shape index (κ1) is 12.8. The molecule has 0 atom stereocenters. The van der Waals surface area contributed by atoms with E-state index in [4.69, 9.17) is 9.52 Å². The molecule has 0 aliphatic rings. The molecule has 0 aromatic carbocycles. The Labute approximate surface area is 109 Å². The third kappa shape index (κ3) is 2.98. The molecule has 1 amide bonds. The van der Waals surface area contributed by atoms with Crippen LogP contribution in [0, 0.1) is 0 Å². The number of aromatic nitrogens is 1. The van der Waals surface area contributed by atoms with E-state index in [9.17, 15) is 9.59 Å². The molecule has 2 aromatic heterocycles. The van der Waals surface area contributed by atoms with Crippen LogP contribution in [-0.4, -0.2) is 33.9 Å². The fourth-order valence-electron chi connectivity index (χ4n) is 1.59. The van der Waals surface area contributed by atoms with Crippen LogP contribution in [0.2, 0.25) is 0 Å². The van der Waals surface area contributed by atoms with Crippen LogP contribution in [0.5, 0.6) is 0 Å². The van der Waals surface area contributed by atoms with Crippen LogP contribution in [0.1, 0.15) is 26.7 Å². The third-order valence-electron chi connectivity index (χ3n) is 2.52. The summed E-state index contributed by atoms with van der Waals surface area (Å²) in [5.74, 6) is -1.83. The number of carbonyl (C=O) groups is 2. The van der Waals surface area contributed by atoms with Crippen molar-refractivity contribution in [1.82, 2.24) is 9.88 Å². The molecule has 0 unspecified atom stereocenters. The molecule has 0 saturated heterocycles. The largest absolute Gasteiger partial charge is 0.475 e. The van der Waals surface area contributed by atoms with Crippen molar-refractivity contribution >= 4 is 11.9 Å². The molecule has 98 valence electrons. The lowest BCUT2D eigenvalue weighted by Gasteiger charge is -2.15. The van der Waals surface area contributed by atoms with Crippen molar-refractivity contribution in [3.05, 3.63) is 53.7 Å². The average molecular weight is 260 g/mol. The van der Waals surface area contributed by atoms with Crippen molar-refractivity contribution in [3.8, 4) is 0 Å². The molecule has 0 aliphatic carbocycles. The first-order valence-electron chi connectivity index (χ1n) is 5.55. The number of carbonyl (C=O) groups excluding carboxylic acids is 1. The van der Waals surface area contributed by atoms with E-state index in [1.165, 1.54) is 17.0 Å². The van der Waals surface area contributed by atoms with Crippen molar-refractivity contribution < 1.29 is 19.1 Å². The molecule has 6 nitrogen and oxygen atoms in total. The number of amides is 1. The van der Waals surface area contributed by atoms with Gasteiger partial charge in [-0.05, 0) is 23.8 Å². The Morgan fingerprint density at radius 2 is 2.05 bits per heavy atom. The molecule has 0 fully saturated rings. The first-order chi connectivity index (χ1) is 9.08. The second-order valence-electron chi connectivity index (χ2n) is 3.99. The van der Waals surface area contributed by atoms with E-state index in [-0.39, 0.29) is 17.4 Å². The van der Waals surface area contributed by atoms with Gasteiger partial charge in [0.1, 0.15) is 0 Å². The van der Waals surface area contributed by atoms with Gasteiger partial charge >= 0.3 is 5.97 Å². The number of pyridine rings is 1. The summed E-state index contributed by atoms with van der Waals surface area (Å²) < 4.78 is 4.96.